The first-order chi connectivity index (χ1) is 13.5. The molecule has 0 aliphatic heterocycles. The van der Waals surface area contributed by atoms with Gasteiger partial charge in [-0.3, -0.25) is 10.1 Å². The maximum Gasteiger partial charge on any atom is 0.353 e. The Hall–Kier alpha value is -3.95. The summed E-state index contributed by atoms with van der Waals surface area (Å²) in [4.78, 5) is 23.4. The van der Waals surface area contributed by atoms with Gasteiger partial charge in [-0.1, -0.05) is 6.07 Å². The van der Waals surface area contributed by atoms with Crippen LogP contribution < -0.4 is 20.1 Å². The average Bonchev–Trinajstić information content (AvgIpc) is 2.70. The van der Waals surface area contributed by atoms with Crippen LogP contribution in [0.2, 0.25) is 0 Å². The van der Waals surface area contributed by atoms with Crippen LogP contribution in [-0.4, -0.2) is 34.1 Å². The number of nitro groups is 1. The Labute approximate surface area is 160 Å². The number of rotatable bonds is 7. The van der Waals surface area contributed by atoms with Crippen molar-refractivity contribution in [2.75, 3.05) is 24.9 Å². The summed E-state index contributed by atoms with van der Waals surface area (Å²) in [6.07, 6.45) is 2.82. The maximum absolute atomic E-state index is 11.7. The number of nitrogens with one attached hydrogen (secondary N) is 2. The summed E-state index contributed by atoms with van der Waals surface area (Å²) in [5.41, 5.74) is 0.997. The summed E-state index contributed by atoms with van der Waals surface area (Å²) < 4.78 is 10.5. The quantitative estimate of drug-likeness (QED) is 0.466. The molecule has 0 unspecified atom stereocenters. The number of hydrogen-bond acceptors (Lipinski definition) is 9. The van der Waals surface area contributed by atoms with Crippen molar-refractivity contribution < 1.29 is 14.4 Å². The number of aryl methyl sites for hydroxylation is 1. The Morgan fingerprint density at radius 2 is 1.75 bits per heavy atom. The van der Waals surface area contributed by atoms with Gasteiger partial charge in [0, 0.05) is 12.3 Å². The number of hydrogen-bond donors (Lipinski definition) is 2. The van der Waals surface area contributed by atoms with E-state index in [1.807, 2.05) is 13.0 Å². The monoisotopic (exact) mass is 382 g/mol. The zero-order chi connectivity index (χ0) is 20.1. The molecule has 10 nitrogen and oxygen atoms in total. The Morgan fingerprint density at radius 1 is 1.00 bits per heavy atom. The van der Waals surface area contributed by atoms with Crippen LogP contribution in [0, 0.1) is 17.0 Å². The third kappa shape index (κ3) is 3.90. The van der Waals surface area contributed by atoms with Crippen LogP contribution in [0.4, 0.5) is 28.8 Å². The minimum atomic E-state index is -0.557. The highest BCUT2D eigenvalue weighted by Gasteiger charge is 2.24. The number of methoxy groups -OCH3 is 2. The normalized spacial score (nSPS) is 10.2. The zero-order valence-electron chi connectivity index (χ0n) is 15.5. The summed E-state index contributed by atoms with van der Waals surface area (Å²) in [5.74, 6) is 1.54. The first kappa shape index (κ1) is 18.8. The van der Waals surface area contributed by atoms with E-state index in [9.17, 15) is 10.1 Å². The van der Waals surface area contributed by atoms with Crippen molar-refractivity contribution in [2.24, 2.45) is 0 Å². The SMILES string of the molecule is COc1ccc(Nc2ncnc(Nc3ncccc3C)c2[N+](=O)[O-])c(OC)c1. The lowest BCUT2D eigenvalue weighted by Gasteiger charge is -2.13. The predicted molar refractivity (Wildman–Crippen MR) is 104 cm³/mol. The molecule has 0 bridgehead atoms. The van der Waals surface area contributed by atoms with Crippen molar-refractivity contribution in [1.29, 1.82) is 0 Å². The molecule has 0 spiro atoms. The van der Waals surface area contributed by atoms with E-state index in [4.69, 9.17) is 9.47 Å². The molecule has 3 rings (SSSR count). The van der Waals surface area contributed by atoms with Crippen LogP contribution in [0.5, 0.6) is 11.5 Å². The first-order valence-corrected chi connectivity index (χ1v) is 8.20. The molecule has 28 heavy (non-hydrogen) atoms. The Kier molecular flexibility index (Phi) is 5.49. The molecule has 144 valence electrons. The van der Waals surface area contributed by atoms with E-state index in [-0.39, 0.29) is 17.3 Å². The molecular weight excluding hydrogens is 364 g/mol. The second kappa shape index (κ2) is 8.16. The molecule has 0 aliphatic rings. The van der Waals surface area contributed by atoms with E-state index >= 15 is 0 Å². The van der Waals surface area contributed by atoms with Crippen LogP contribution in [0.25, 0.3) is 0 Å². The van der Waals surface area contributed by atoms with E-state index in [1.54, 1.807) is 30.5 Å². The maximum atomic E-state index is 11.7. The first-order valence-electron chi connectivity index (χ1n) is 8.20. The van der Waals surface area contributed by atoms with Crippen molar-refractivity contribution in [1.82, 2.24) is 15.0 Å². The third-order valence-corrected chi connectivity index (χ3v) is 3.91. The lowest BCUT2D eigenvalue weighted by Crippen LogP contribution is -2.07. The second-order valence-corrected chi connectivity index (χ2v) is 5.66. The predicted octanol–water partition coefficient (Wildman–Crippen LogP) is 3.59. The average molecular weight is 382 g/mol. The van der Waals surface area contributed by atoms with Gasteiger partial charge in [0.25, 0.3) is 0 Å². The summed E-state index contributed by atoms with van der Waals surface area (Å²) in [5, 5.41) is 17.6. The van der Waals surface area contributed by atoms with Crippen molar-refractivity contribution in [3.63, 3.8) is 0 Å². The Bertz CT molecular complexity index is 1010. The van der Waals surface area contributed by atoms with E-state index < -0.39 is 4.92 Å². The molecule has 2 heterocycles. The van der Waals surface area contributed by atoms with Gasteiger partial charge in [0.1, 0.15) is 23.6 Å². The molecule has 0 saturated carbocycles. The number of pyridine rings is 1. The largest absolute Gasteiger partial charge is 0.497 e. The smallest absolute Gasteiger partial charge is 0.353 e. The zero-order valence-corrected chi connectivity index (χ0v) is 15.5. The molecule has 2 N–H and O–H groups in total. The van der Waals surface area contributed by atoms with Crippen LogP contribution >= 0.6 is 0 Å². The van der Waals surface area contributed by atoms with Gasteiger partial charge in [-0.15, -0.1) is 0 Å². The number of anilines is 4. The van der Waals surface area contributed by atoms with Crippen LogP contribution in [0.15, 0.2) is 42.9 Å². The fraction of sp³-hybridized carbons (Fsp3) is 0.167. The molecule has 1 aromatic carbocycles. The second-order valence-electron chi connectivity index (χ2n) is 5.66. The highest BCUT2D eigenvalue weighted by atomic mass is 16.6. The minimum absolute atomic E-state index is 0.0135. The lowest BCUT2D eigenvalue weighted by atomic mass is 10.2. The standard InChI is InChI=1S/C18H18N6O4/c1-11-5-4-8-19-16(11)23-18-15(24(25)26)17(20-10-21-18)22-13-7-6-12(27-2)9-14(13)28-3/h4-10H,1-3H3,(H2,19,20,21,22,23). The fourth-order valence-electron chi connectivity index (χ4n) is 2.49. The highest BCUT2D eigenvalue weighted by Crippen LogP contribution is 2.36. The van der Waals surface area contributed by atoms with Gasteiger partial charge in [0.15, 0.2) is 0 Å². The highest BCUT2D eigenvalue weighted by molar-refractivity contribution is 5.78. The molecule has 0 fully saturated rings. The van der Waals surface area contributed by atoms with Gasteiger partial charge in [0.2, 0.25) is 11.6 Å². The molecule has 2 aromatic heterocycles. The fourth-order valence-corrected chi connectivity index (χ4v) is 2.49. The van der Waals surface area contributed by atoms with Gasteiger partial charge >= 0.3 is 5.69 Å². The van der Waals surface area contributed by atoms with Gasteiger partial charge in [-0.25, -0.2) is 15.0 Å². The third-order valence-electron chi connectivity index (χ3n) is 3.91. The van der Waals surface area contributed by atoms with Crippen LogP contribution in [0.1, 0.15) is 5.56 Å². The molecule has 0 atom stereocenters. The lowest BCUT2D eigenvalue weighted by molar-refractivity contribution is -0.383. The summed E-state index contributed by atoms with van der Waals surface area (Å²) in [6.45, 7) is 1.84. The molecule has 10 heteroatoms. The van der Waals surface area contributed by atoms with Gasteiger partial charge < -0.3 is 20.1 Å². The number of ether oxygens (including phenoxy) is 2. The van der Waals surface area contributed by atoms with Crippen molar-refractivity contribution in [3.05, 3.63) is 58.5 Å². The van der Waals surface area contributed by atoms with Gasteiger partial charge in [-0.2, -0.15) is 0 Å². The van der Waals surface area contributed by atoms with Crippen molar-refractivity contribution in [2.45, 2.75) is 6.92 Å². The Morgan fingerprint density at radius 3 is 2.39 bits per heavy atom. The minimum Gasteiger partial charge on any atom is -0.497 e. The molecule has 0 amide bonds. The van der Waals surface area contributed by atoms with Crippen molar-refractivity contribution >= 4 is 28.8 Å². The molecule has 3 aromatic rings. The molecule has 0 saturated heterocycles. The summed E-state index contributed by atoms with van der Waals surface area (Å²) >= 11 is 0. The van der Waals surface area contributed by atoms with Crippen molar-refractivity contribution in [3.8, 4) is 11.5 Å². The molecule has 0 radical (unpaired) electrons. The van der Waals surface area contributed by atoms with E-state index in [1.165, 1.54) is 20.5 Å². The summed E-state index contributed by atoms with van der Waals surface area (Å²) in [6, 6.07) is 8.65. The number of aromatic nitrogens is 3. The van der Waals surface area contributed by atoms with E-state index in [2.05, 4.69) is 25.6 Å². The van der Waals surface area contributed by atoms with E-state index in [0.29, 0.717) is 23.0 Å². The van der Waals surface area contributed by atoms with Gasteiger partial charge in [0.05, 0.1) is 24.8 Å². The van der Waals surface area contributed by atoms with Crippen LogP contribution in [0.3, 0.4) is 0 Å². The van der Waals surface area contributed by atoms with E-state index in [0.717, 1.165) is 5.56 Å². The topological polar surface area (TPSA) is 124 Å². The molecular formula is C18H18N6O4. The molecule has 0 aliphatic carbocycles. The van der Waals surface area contributed by atoms with Crippen LogP contribution in [-0.2, 0) is 0 Å². The Balaban J connectivity index is 2.01. The number of nitrogens with zero attached hydrogens (tertiary/aromatic N) is 4. The van der Waals surface area contributed by atoms with Gasteiger partial charge in [-0.05, 0) is 30.7 Å². The number of benzene rings is 1. The summed E-state index contributed by atoms with van der Waals surface area (Å²) in [7, 11) is 3.03.